The average molecular weight is 427 g/mol. The smallest absolute Gasteiger partial charge is 0.159 e. The van der Waals surface area contributed by atoms with E-state index < -0.39 is 0 Å². The van der Waals surface area contributed by atoms with E-state index in [0.717, 1.165) is 45.6 Å². The summed E-state index contributed by atoms with van der Waals surface area (Å²) in [5, 5.41) is 0. The van der Waals surface area contributed by atoms with Crippen LogP contribution in [0, 0.1) is 5.92 Å². The van der Waals surface area contributed by atoms with Crippen molar-refractivity contribution in [3.8, 4) is 16.9 Å². The maximum Gasteiger partial charge on any atom is 0.159 e. The van der Waals surface area contributed by atoms with Gasteiger partial charge in [-0.3, -0.25) is 9.59 Å². The Labute approximate surface area is 190 Å². The van der Waals surface area contributed by atoms with Gasteiger partial charge >= 0.3 is 0 Å². The minimum absolute atomic E-state index is 0.0387. The number of allylic oxidation sites excluding steroid dienone is 1. The number of ether oxygens (including phenoxy) is 1. The van der Waals surface area contributed by atoms with Crippen LogP contribution in [0.15, 0.2) is 78.9 Å². The van der Waals surface area contributed by atoms with Crippen molar-refractivity contribution in [2.75, 3.05) is 6.61 Å². The Balaban J connectivity index is 1.59. The van der Waals surface area contributed by atoms with E-state index in [0.29, 0.717) is 6.61 Å². The quantitative estimate of drug-likeness (QED) is 0.353. The van der Waals surface area contributed by atoms with Crippen molar-refractivity contribution in [2.24, 2.45) is 5.92 Å². The molecule has 0 aliphatic carbocycles. The first-order valence-corrected chi connectivity index (χ1v) is 10.9. The standard InChI is InChI=1S/C29H30O3/c1-20(16-17-32-29-14-8-24(9-15-29)18-21(2)22(3)30)25-10-12-26(13-11-25)28-7-5-6-27(19-28)23(4)31/h5-16,19,21H,17-18H2,1-4H3/b20-16+. The molecule has 0 aromatic heterocycles. The van der Waals surface area contributed by atoms with Gasteiger partial charge in [-0.25, -0.2) is 0 Å². The Hall–Kier alpha value is -3.46. The molecule has 3 heteroatoms. The Kier molecular flexibility index (Phi) is 7.77. The Morgan fingerprint density at radius 3 is 2.16 bits per heavy atom. The molecule has 3 nitrogen and oxygen atoms in total. The predicted molar refractivity (Wildman–Crippen MR) is 131 cm³/mol. The molecular weight excluding hydrogens is 396 g/mol. The first-order chi connectivity index (χ1) is 15.3. The molecule has 3 rings (SSSR count). The van der Waals surface area contributed by atoms with Gasteiger partial charge in [-0.05, 0) is 79.3 Å². The second-order valence-electron chi connectivity index (χ2n) is 8.27. The van der Waals surface area contributed by atoms with Crippen molar-refractivity contribution in [1.29, 1.82) is 0 Å². The van der Waals surface area contributed by atoms with Gasteiger partial charge in [0.05, 0.1) is 0 Å². The fourth-order valence-electron chi connectivity index (χ4n) is 3.44. The molecule has 0 amide bonds. The van der Waals surface area contributed by atoms with Gasteiger partial charge in [0, 0.05) is 11.5 Å². The monoisotopic (exact) mass is 426 g/mol. The molecule has 32 heavy (non-hydrogen) atoms. The highest BCUT2D eigenvalue weighted by Gasteiger charge is 2.08. The average Bonchev–Trinajstić information content (AvgIpc) is 2.80. The lowest BCUT2D eigenvalue weighted by molar-refractivity contribution is -0.120. The number of ketones is 2. The maximum absolute atomic E-state index is 11.6. The third-order valence-electron chi connectivity index (χ3n) is 5.74. The molecule has 0 N–H and O–H groups in total. The summed E-state index contributed by atoms with van der Waals surface area (Å²) in [6, 6.07) is 24.0. The Morgan fingerprint density at radius 1 is 0.844 bits per heavy atom. The third-order valence-corrected chi connectivity index (χ3v) is 5.74. The zero-order valence-electron chi connectivity index (χ0n) is 19.2. The summed E-state index contributed by atoms with van der Waals surface area (Å²) in [5.74, 6) is 1.14. The lowest BCUT2D eigenvalue weighted by Crippen LogP contribution is -2.09. The van der Waals surface area contributed by atoms with E-state index >= 15 is 0 Å². The van der Waals surface area contributed by atoms with Crippen molar-refractivity contribution in [1.82, 2.24) is 0 Å². The largest absolute Gasteiger partial charge is 0.490 e. The van der Waals surface area contributed by atoms with Gasteiger partial charge in [-0.2, -0.15) is 0 Å². The van der Waals surface area contributed by atoms with E-state index in [1.807, 2.05) is 55.5 Å². The van der Waals surface area contributed by atoms with Gasteiger partial charge in [-0.15, -0.1) is 0 Å². The summed E-state index contributed by atoms with van der Waals surface area (Å²) in [4.78, 5) is 23.0. The zero-order chi connectivity index (χ0) is 23.1. The maximum atomic E-state index is 11.6. The van der Waals surface area contributed by atoms with Gasteiger partial charge in [-0.1, -0.05) is 61.5 Å². The summed E-state index contributed by atoms with van der Waals surface area (Å²) in [6.45, 7) is 7.73. The van der Waals surface area contributed by atoms with Gasteiger partial charge < -0.3 is 4.74 Å². The van der Waals surface area contributed by atoms with E-state index in [2.05, 4.69) is 37.3 Å². The highest BCUT2D eigenvalue weighted by molar-refractivity contribution is 5.95. The molecule has 1 unspecified atom stereocenters. The molecule has 3 aromatic carbocycles. The topological polar surface area (TPSA) is 43.4 Å². The second-order valence-corrected chi connectivity index (χ2v) is 8.27. The molecule has 0 bridgehead atoms. The summed E-state index contributed by atoms with van der Waals surface area (Å²) in [5.41, 5.74) is 6.26. The van der Waals surface area contributed by atoms with Crippen LogP contribution in [-0.2, 0) is 11.2 Å². The van der Waals surface area contributed by atoms with Crippen LogP contribution in [0.1, 0.15) is 49.2 Å². The predicted octanol–water partition coefficient (Wildman–Crippen LogP) is 6.81. The molecule has 0 aliphatic heterocycles. The van der Waals surface area contributed by atoms with Crippen LogP contribution in [0.3, 0.4) is 0 Å². The van der Waals surface area contributed by atoms with Crippen molar-refractivity contribution >= 4 is 17.1 Å². The number of benzene rings is 3. The van der Waals surface area contributed by atoms with Crippen LogP contribution >= 0.6 is 0 Å². The van der Waals surface area contributed by atoms with Crippen LogP contribution in [0.25, 0.3) is 16.7 Å². The summed E-state index contributed by atoms with van der Waals surface area (Å²) < 4.78 is 5.86. The van der Waals surface area contributed by atoms with E-state index in [1.54, 1.807) is 13.8 Å². The molecule has 3 aromatic rings. The molecule has 164 valence electrons. The molecule has 0 saturated heterocycles. The van der Waals surface area contributed by atoms with Gasteiger partial charge in [0.2, 0.25) is 0 Å². The molecule has 0 aliphatic rings. The summed E-state index contributed by atoms with van der Waals surface area (Å²) >= 11 is 0. The number of Topliss-reactive ketones (excluding diaryl/α,β-unsaturated/α-hetero) is 2. The van der Waals surface area contributed by atoms with Crippen LogP contribution in [-0.4, -0.2) is 18.2 Å². The van der Waals surface area contributed by atoms with E-state index in [4.69, 9.17) is 4.74 Å². The highest BCUT2D eigenvalue weighted by atomic mass is 16.5. The van der Waals surface area contributed by atoms with E-state index in [1.165, 1.54) is 0 Å². The number of carbonyl (C=O) groups is 2. The van der Waals surface area contributed by atoms with Crippen molar-refractivity contribution in [2.45, 2.75) is 34.1 Å². The van der Waals surface area contributed by atoms with Gasteiger partial charge in [0.1, 0.15) is 18.1 Å². The van der Waals surface area contributed by atoms with Crippen LogP contribution < -0.4 is 4.74 Å². The van der Waals surface area contributed by atoms with Crippen molar-refractivity contribution in [3.63, 3.8) is 0 Å². The van der Waals surface area contributed by atoms with Crippen molar-refractivity contribution in [3.05, 3.63) is 95.6 Å². The Bertz CT molecular complexity index is 1110. The first-order valence-electron chi connectivity index (χ1n) is 10.9. The minimum atomic E-state index is 0.0387. The van der Waals surface area contributed by atoms with Crippen molar-refractivity contribution < 1.29 is 14.3 Å². The zero-order valence-corrected chi connectivity index (χ0v) is 19.2. The van der Waals surface area contributed by atoms with Crippen LogP contribution in [0.2, 0.25) is 0 Å². The fraction of sp³-hybridized carbons (Fsp3) is 0.241. The lowest BCUT2D eigenvalue weighted by Gasteiger charge is -2.09. The first kappa shape index (κ1) is 23.2. The van der Waals surface area contributed by atoms with E-state index in [-0.39, 0.29) is 17.5 Å². The fourth-order valence-corrected chi connectivity index (χ4v) is 3.44. The summed E-state index contributed by atoms with van der Waals surface area (Å²) in [6.07, 6.45) is 2.82. The number of rotatable bonds is 9. The lowest BCUT2D eigenvalue weighted by atomic mass is 9.98. The third kappa shape index (κ3) is 6.27. The SMILES string of the molecule is CC(=O)c1cccc(-c2ccc(/C(C)=C/COc3ccc(CC(C)C(C)=O)cc3)cc2)c1. The molecule has 0 saturated carbocycles. The highest BCUT2D eigenvalue weighted by Crippen LogP contribution is 2.24. The summed E-state index contributed by atoms with van der Waals surface area (Å²) in [7, 11) is 0. The molecule has 0 spiro atoms. The van der Waals surface area contributed by atoms with Gasteiger partial charge in [0.25, 0.3) is 0 Å². The second kappa shape index (κ2) is 10.7. The molecule has 0 radical (unpaired) electrons. The van der Waals surface area contributed by atoms with Crippen LogP contribution in [0.4, 0.5) is 0 Å². The minimum Gasteiger partial charge on any atom is -0.490 e. The molecule has 0 heterocycles. The van der Waals surface area contributed by atoms with Gasteiger partial charge in [0.15, 0.2) is 5.78 Å². The number of hydrogen-bond donors (Lipinski definition) is 0. The van der Waals surface area contributed by atoms with E-state index in [9.17, 15) is 9.59 Å². The number of carbonyl (C=O) groups excluding carboxylic acids is 2. The molecule has 1 atom stereocenters. The molecular formula is C29H30O3. The Morgan fingerprint density at radius 2 is 1.53 bits per heavy atom. The molecule has 0 fully saturated rings. The number of hydrogen-bond acceptors (Lipinski definition) is 3. The van der Waals surface area contributed by atoms with Crippen LogP contribution in [0.5, 0.6) is 5.75 Å². The normalized spacial score (nSPS) is 12.3.